The second-order valence-corrected chi connectivity index (χ2v) is 5.53. The number of methoxy groups -OCH3 is 1. The summed E-state index contributed by atoms with van der Waals surface area (Å²) in [7, 11) is 1.57. The lowest BCUT2D eigenvalue weighted by atomic mass is 10.1. The van der Waals surface area contributed by atoms with Crippen molar-refractivity contribution in [3.63, 3.8) is 0 Å². The minimum Gasteiger partial charge on any atom is -0.497 e. The molecule has 1 aliphatic heterocycles. The maximum atomic E-state index is 12.6. The minimum atomic E-state index is -0.0877. The van der Waals surface area contributed by atoms with Gasteiger partial charge in [-0.15, -0.1) is 0 Å². The maximum absolute atomic E-state index is 12.6. The Balaban J connectivity index is 1.82. The van der Waals surface area contributed by atoms with Gasteiger partial charge in [0.2, 0.25) is 0 Å². The molecule has 7 nitrogen and oxygen atoms in total. The van der Waals surface area contributed by atoms with Crippen LogP contribution in [0.15, 0.2) is 29.1 Å². The normalized spacial score (nSPS) is 13.7. The number of nitrogens with zero attached hydrogens (tertiary/aromatic N) is 4. The predicted molar refractivity (Wildman–Crippen MR) is 84.5 cm³/mol. The maximum Gasteiger partial charge on any atom is 0.346 e. The molecule has 0 aliphatic carbocycles. The molecule has 1 aromatic heterocycles. The van der Waals surface area contributed by atoms with Crippen molar-refractivity contribution in [2.45, 2.75) is 33.0 Å². The summed E-state index contributed by atoms with van der Waals surface area (Å²) >= 11 is 0. The highest BCUT2D eigenvalue weighted by Gasteiger charge is 2.25. The van der Waals surface area contributed by atoms with E-state index >= 15 is 0 Å². The zero-order valence-electron chi connectivity index (χ0n) is 13.4. The molecule has 0 radical (unpaired) electrons. The number of fused-ring (bicyclic) bond motifs is 1. The van der Waals surface area contributed by atoms with Gasteiger partial charge in [0.25, 0.3) is 5.91 Å². The van der Waals surface area contributed by atoms with Crippen molar-refractivity contribution in [1.29, 1.82) is 0 Å². The number of rotatable bonds is 4. The summed E-state index contributed by atoms with van der Waals surface area (Å²) in [5.41, 5.74) is 0.489. The van der Waals surface area contributed by atoms with E-state index in [9.17, 15) is 9.59 Å². The molecular formula is C16H20N4O3. The molecule has 122 valence electrons. The molecule has 0 atom stereocenters. The molecule has 2 aromatic rings. The molecule has 0 saturated carbocycles. The van der Waals surface area contributed by atoms with E-state index in [-0.39, 0.29) is 11.6 Å². The largest absolute Gasteiger partial charge is 0.497 e. The van der Waals surface area contributed by atoms with Crippen molar-refractivity contribution in [3.8, 4) is 5.75 Å². The summed E-state index contributed by atoms with van der Waals surface area (Å²) in [5, 5.41) is 4.35. The van der Waals surface area contributed by atoms with Crippen LogP contribution < -0.4 is 10.4 Å². The van der Waals surface area contributed by atoms with Gasteiger partial charge in [-0.3, -0.25) is 9.36 Å². The smallest absolute Gasteiger partial charge is 0.346 e. The van der Waals surface area contributed by atoms with Crippen LogP contribution in [0, 0.1) is 0 Å². The van der Waals surface area contributed by atoms with E-state index in [2.05, 4.69) is 5.10 Å². The van der Waals surface area contributed by atoms with Gasteiger partial charge in [0.05, 0.1) is 13.7 Å². The van der Waals surface area contributed by atoms with Crippen LogP contribution in [0.2, 0.25) is 0 Å². The van der Waals surface area contributed by atoms with Gasteiger partial charge in [-0.2, -0.15) is 5.10 Å². The molecule has 1 aliphatic rings. The summed E-state index contributed by atoms with van der Waals surface area (Å²) in [6.07, 6.45) is 0.850. The van der Waals surface area contributed by atoms with Gasteiger partial charge < -0.3 is 9.64 Å². The molecule has 0 bridgehead atoms. The number of carbonyl (C=O) groups is 1. The Bertz CT molecular complexity index is 778. The Morgan fingerprint density at radius 2 is 2.17 bits per heavy atom. The topological polar surface area (TPSA) is 69.4 Å². The van der Waals surface area contributed by atoms with Crippen LogP contribution in [0.4, 0.5) is 0 Å². The molecule has 7 heteroatoms. The monoisotopic (exact) mass is 316 g/mol. The Labute approximate surface area is 134 Å². The van der Waals surface area contributed by atoms with E-state index in [1.807, 2.05) is 6.92 Å². The van der Waals surface area contributed by atoms with Crippen LogP contribution in [0.5, 0.6) is 5.75 Å². The first kappa shape index (κ1) is 15.3. The van der Waals surface area contributed by atoms with Crippen molar-refractivity contribution < 1.29 is 9.53 Å². The van der Waals surface area contributed by atoms with E-state index in [0.717, 1.165) is 6.42 Å². The van der Waals surface area contributed by atoms with Crippen molar-refractivity contribution in [2.75, 3.05) is 13.7 Å². The van der Waals surface area contributed by atoms with Gasteiger partial charge in [-0.1, -0.05) is 13.0 Å². The van der Waals surface area contributed by atoms with Crippen LogP contribution in [0.3, 0.4) is 0 Å². The highest BCUT2D eigenvalue weighted by Crippen LogP contribution is 2.17. The first-order valence-corrected chi connectivity index (χ1v) is 7.74. The van der Waals surface area contributed by atoms with Gasteiger partial charge in [0.15, 0.2) is 5.82 Å². The van der Waals surface area contributed by atoms with Gasteiger partial charge in [-0.05, 0) is 24.6 Å². The van der Waals surface area contributed by atoms with Gasteiger partial charge in [0, 0.05) is 25.2 Å². The standard InChI is InChI=1S/C16H20N4O3/c1-3-7-20-16(22)19-9-8-18(11-14(19)17-20)15(21)12-5-4-6-13(10-12)23-2/h4-6,10H,3,7-9,11H2,1-2H3. The fraction of sp³-hybridized carbons (Fsp3) is 0.438. The van der Waals surface area contributed by atoms with E-state index in [1.165, 1.54) is 4.68 Å². The zero-order chi connectivity index (χ0) is 16.4. The Morgan fingerprint density at radius 1 is 1.35 bits per heavy atom. The molecule has 0 N–H and O–H groups in total. The lowest BCUT2D eigenvalue weighted by Gasteiger charge is -2.26. The van der Waals surface area contributed by atoms with Crippen LogP contribution in [-0.4, -0.2) is 38.8 Å². The summed E-state index contributed by atoms with van der Waals surface area (Å²) < 4.78 is 8.30. The summed E-state index contributed by atoms with van der Waals surface area (Å²) in [4.78, 5) is 26.5. The highest BCUT2D eigenvalue weighted by atomic mass is 16.5. The number of amides is 1. The molecule has 1 amide bonds. The number of ether oxygens (including phenoxy) is 1. The number of carbonyl (C=O) groups excluding carboxylic acids is 1. The number of aromatic nitrogens is 3. The van der Waals surface area contributed by atoms with Crippen molar-refractivity contribution in [1.82, 2.24) is 19.2 Å². The molecule has 23 heavy (non-hydrogen) atoms. The number of hydrogen-bond acceptors (Lipinski definition) is 4. The molecule has 0 unspecified atom stereocenters. The number of aryl methyl sites for hydroxylation is 1. The second-order valence-electron chi connectivity index (χ2n) is 5.53. The third kappa shape index (κ3) is 2.86. The van der Waals surface area contributed by atoms with E-state index < -0.39 is 0 Å². The van der Waals surface area contributed by atoms with E-state index in [1.54, 1.807) is 40.8 Å². The van der Waals surface area contributed by atoms with Gasteiger partial charge >= 0.3 is 5.69 Å². The third-order valence-corrected chi connectivity index (χ3v) is 3.96. The van der Waals surface area contributed by atoms with Crippen molar-refractivity contribution in [3.05, 3.63) is 46.1 Å². The average molecular weight is 316 g/mol. The molecule has 3 rings (SSSR count). The third-order valence-electron chi connectivity index (χ3n) is 3.96. The quantitative estimate of drug-likeness (QED) is 0.847. The predicted octanol–water partition coefficient (Wildman–Crippen LogP) is 1.12. The summed E-state index contributed by atoms with van der Waals surface area (Å²) in [5.74, 6) is 1.22. The van der Waals surface area contributed by atoms with Gasteiger partial charge in [0.1, 0.15) is 5.75 Å². The van der Waals surface area contributed by atoms with E-state index in [4.69, 9.17) is 4.74 Å². The average Bonchev–Trinajstić information content (AvgIpc) is 2.90. The molecule has 0 saturated heterocycles. The zero-order valence-corrected chi connectivity index (χ0v) is 13.4. The van der Waals surface area contributed by atoms with Crippen LogP contribution in [0.25, 0.3) is 0 Å². The molecule has 1 aromatic carbocycles. The molecule has 0 fully saturated rings. The van der Waals surface area contributed by atoms with Crippen LogP contribution in [-0.2, 0) is 19.6 Å². The lowest BCUT2D eigenvalue weighted by molar-refractivity contribution is 0.0706. The number of hydrogen-bond donors (Lipinski definition) is 0. The van der Waals surface area contributed by atoms with Crippen LogP contribution >= 0.6 is 0 Å². The fourth-order valence-electron chi connectivity index (χ4n) is 2.77. The Hall–Kier alpha value is -2.57. The second kappa shape index (κ2) is 6.28. The first-order valence-electron chi connectivity index (χ1n) is 7.74. The minimum absolute atomic E-state index is 0.0763. The molecular weight excluding hydrogens is 296 g/mol. The Kier molecular flexibility index (Phi) is 4.18. The van der Waals surface area contributed by atoms with Crippen molar-refractivity contribution >= 4 is 5.91 Å². The molecule has 2 heterocycles. The van der Waals surface area contributed by atoms with Gasteiger partial charge in [-0.25, -0.2) is 9.48 Å². The van der Waals surface area contributed by atoms with Crippen LogP contribution in [0.1, 0.15) is 29.5 Å². The highest BCUT2D eigenvalue weighted by molar-refractivity contribution is 5.94. The SMILES string of the molecule is CCCn1nc2n(c1=O)CCN(C(=O)c1cccc(OC)c1)C2. The lowest BCUT2D eigenvalue weighted by Crippen LogP contribution is -2.41. The number of benzene rings is 1. The Morgan fingerprint density at radius 3 is 2.91 bits per heavy atom. The van der Waals surface area contributed by atoms with Crippen molar-refractivity contribution in [2.24, 2.45) is 0 Å². The summed E-state index contributed by atoms with van der Waals surface area (Å²) in [6.45, 7) is 3.93. The summed E-state index contributed by atoms with van der Waals surface area (Å²) in [6, 6.07) is 7.08. The first-order chi connectivity index (χ1) is 11.1. The molecule has 0 spiro atoms. The van der Waals surface area contributed by atoms with E-state index in [0.29, 0.717) is 43.3 Å². The fourth-order valence-corrected chi connectivity index (χ4v) is 2.77.